The Bertz CT molecular complexity index is 3200. The van der Waals surface area contributed by atoms with Gasteiger partial charge in [0.25, 0.3) is 0 Å². The lowest BCUT2D eigenvalue weighted by molar-refractivity contribution is 0.668. The molecule has 0 radical (unpaired) electrons. The normalized spacial score (nSPS) is 11.6. The third-order valence-electron chi connectivity index (χ3n) is 10.9. The molecule has 0 fully saturated rings. The first-order valence-corrected chi connectivity index (χ1v) is 18.6. The lowest BCUT2D eigenvalue weighted by Gasteiger charge is -2.26. The van der Waals surface area contributed by atoms with Crippen LogP contribution in [0.25, 0.3) is 88.0 Å². The van der Waals surface area contributed by atoms with Gasteiger partial charge >= 0.3 is 0 Å². The van der Waals surface area contributed by atoms with Crippen LogP contribution < -0.4 is 4.90 Å². The lowest BCUT2D eigenvalue weighted by Crippen LogP contribution is -2.10. The summed E-state index contributed by atoms with van der Waals surface area (Å²) in [6.07, 6.45) is 0. The van der Waals surface area contributed by atoms with E-state index in [0.29, 0.717) is 0 Å². The molecule has 0 N–H and O–H groups in total. The molecule has 0 spiro atoms. The smallest absolute Gasteiger partial charge is 0.136 e. The molecule has 3 nitrogen and oxygen atoms in total. The molecule has 0 atom stereocenters. The van der Waals surface area contributed by atoms with Gasteiger partial charge in [-0.15, -0.1) is 0 Å². The monoisotopic (exact) mass is 703 g/mol. The summed E-state index contributed by atoms with van der Waals surface area (Å²) in [5.74, 6) is 0. The zero-order valence-corrected chi connectivity index (χ0v) is 29.8. The molecule has 0 bridgehead atoms. The first-order chi connectivity index (χ1) is 27.2. The minimum atomic E-state index is 0.898. The molecule has 258 valence electrons. The molecule has 0 saturated carbocycles. The highest BCUT2D eigenvalue weighted by molar-refractivity contribution is 6.07. The number of hydrogen-bond donors (Lipinski definition) is 0. The van der Waals surface area contributed by atoms with E-state index in [0.717, 1.165) is 83.2 Å². The van der Waals surface area contributed by atoms with Crippen molar-refractivity contribution in [3.8, 4) is 33.4 Å². The SMILES string of the molecule is c1cc(-c2ccc3ccccc3c2)cc(N(c2ccc(-c3ccc4c(c3)oc3ccccc34)cc2)c2ccc(-c3ccc4oc5ccccc5c4c3)cc2)c1. The standard InChI is InChI=1S/C52H33NO2/c1-2-9-37-30-39(17-16-34(37)8-1)38-10-7-11-44(31-38)53(42-24-18-35(19-25-42)40-23-29-51-48(32-40)46-13-4-6-15-50(46)54-51)43-26-20-36(21-27-43)41-22-28-47-45-12-3-5-14-49(45)55-52(47)33-41/h1-33H. The quantitative estimate of drug-likeness (QED) is 0.173. The molecule has 9 aromatic carbocycles. The van der Waals surface area contributed by atoms with Gasteiger partial charge in [0.15, 0.2) is 0 Å². The Morgan fingerprint density at radius 1 is 0.255 bits per heavy atom. The maximum atomic E-state index is 6.23. The van der Waals surface area contributed by atoms with E-state index in [1.165, 1.54) is 21.9 Å². The highest BCUT2D eigenvalue weighted by atomic mass is 16.3. The van der Waals surface area contributed by atoms with Gasteiger partial charge in [0, 0.05) is 38.6 Å². The van der Waals surface area contributed by atoms with Crippen LogP contribution in [0.4, 0.5) is 17.1 Å². The molecule has 2 heterocycles. The number of para-hydroxylation sites is 2. The van der Waals surface area contributed by atoms with Gasteiger partial charge in [-0.2, -0.15) is 0 Å². The molecule has 0 aliphatic carbocycles. The van der Waals surface area contributed by atoms with Gasteiger partial charge in [0.05, 0.1) is 0 Å². The fraction of sp³-hybridized carbons (Fsp3) is 0. The van der Waals surface area contributed by atoms with Crippen LogP contribution in [0.5, 0.6) is 0 Å². The summed E-state index contributed by atoms with van der Waals surface area (Å²) in [4.78, 5) is 2.34. The van der Waals surface area contributed by atoms with Gasteiger partial charge in [0.2, 0.25) is 0 Å². The Labute approximate surface area is 317 Å². The van der Waals surface area contributed by atoms with Gasteiger partial charge in [-0.05, 0) is 123 Å². The molecule has 0 amide bonds. The average Bonchev–Trinajstić information content (AvgIpc) is 3.82. The van der Waals surface area contributed by atoms with E-state index in [9.17, 15) is 0 Å². The van der Waals surface area contributed by atoms with Crippen molar-refractivity contribution in [1.29, 1.82) is 0 Å². The largest absolute Gasteiger partial charge is 0.456 e. The highest BCUT2D eigenvalue weighted by Gasteiger charge is 2.16. The molecule has 11 aromatic rings. The third kappa shape index (κ3) is 5.45. The van der Waals surface area contributed by atoms with Crippen molar-refractivity contribution >= 4 is 71.7 Å². The van der Waals surface area contributed by atoms with E-state index >= 15 is 0 Å². The second-order valence-corrected chi connectivity index (χ2v) is 14.2. The van der Waals surface area contributed by atoms with Gasteiger partial charge in [-0.25, -0.2) is 0 Å². The van der Waals surface area contributed by atoms with Crippen molar-refractivity contribution < 1.29 is 8.83 Å². The molecule has 11 rings (SSSR count). The molecule has 0 aliphatic rings. The lowest BCUT2D eigenvalue weighted by atomic mass is 9.99. The number of furan rings is 2. The minimum Gasteiger partial charge on any atom is -0.456 e. The van der Waals surface area contributed by atoms with Crippen molar-refractivity contribution in [3.63, 3.8) is 0 Å². The van der Waals surface area contributed by atoms with Crippen LogP contribution in [0.15, 0.2) is 209 Å². The maximum Gasteiger partial charge on any atom is 0.136 e. The summed E-state index contributed by atoms with van der Waals surface area (Å²) in [5, 5.41) is 7.01. The zero-order chi connectivity index (χ0) is 36.3. The number of fused-ring (bicyclic) bond motifs is 7. The van der Waals surface area contributed by atoms with E-state index in [-0.39, 0.29) is 0 Å². The fourth-order valence-electron chi connectivity index (χ4n) is 8.06. The van der Waals surface area contributed by atoms with Crippen molar-refractivity contribution in [1.82, 2.24) is 0 Å². The van der Waals surface area contributed by atoms with Crippen LogP contribution in [0.2, 0.25) is 0 Å². The summed E-state index contributed by atoms with van der Waals surface area (Å²) in [5.41, 5.74) is 13.8. The predicted molar refractivity (Wildman–Crippen MR) is 229 cm³/mol. The fourth-order valence-corrected chi connectivity index (χ4v) is 8.06. The van der Waals surface area contributed by atoms with Crippen LogP contribution in [0.3, 0.4) is 0 Å². The number of hydrogen-bond acceptors (Lipinski definition) is 3. The maximum absolute atomic E-state index is 6.23. The third-order valence-corrected chi connectivity index (χ3v) is 10.9. The summed E-state index contributed by atoms with van der Waals surface area (Å²) < 4.78 is 12.3. The molecule has 2 aromatic heterocycles. The first-order valence-electron chi connectivity index (χ1n) is 18.6. The van der Waals surface area contributed by atoms with Crippen LogP contribution in [-0.2, 0) is 0 Å². The first kappa shape index (κ1) is 31.2. The summed E-state index contributed by atoms with van der Waals surface area (Å²) in [6, 6.07) is 71.2. The Kier molecular flexibility index (Phi) is 7.17. The Hall–Kier alpha value is -7.36. The Morgan fingerprint density at radius 3 is 1.51 bits per heavy atom. The molecular formula is C52H33NO2. The molecule has 3 heteroatoms. The van der Waals surface area contributed by atoms with Gasteiger partial charge < -0.3 is 13.7 Å². The molecule has 0 aliphatic heterocycles. The number of benzene rings is 9. The average molecular weight is 704 g/mol. The van der Waals surface area contributed by atoms with Gasteiger partial charge in [-0.1, -0.05) is 121 Å². The van der Waals surface area contributed by atoms with E-state index in [1.54, 1.807) is 0 Å². The Morgan fingerprint density at radius 2 is 0.764 bits per heavy atom. The van der Waals surface area contributed by atoms with Gasteiger partial charge in [0.1, 0.15) is 22.3 Å². The summed E-state index contributed by atoms with van der Waals surface area (Å²) >= 11 is 0. The number of nitrogens with zero attached hydrogens (tertiary/aromatic N) is 1. The van der Waals surface area contributed by atoms with Crippen LogP contribution in [0.1, 0.15) is 0 Å². The zero-order valence-electron chi connectivity index (χ0n) is 29.8. The number of rotatable bonds is 6. The second-order valence-electron chi connectivity index (χ2n) is 14.2. The molecule has 55 heavy (non-hydrogen) atoms. The topological polar surface area (TPSA) is 29.5 Å². The predicted octanol–water partition coefficient (Wildman–Crippen LogP) is 15.1. The van der Waals surface area contributed by atoms with Crippen LogP contribution >= 0.6 is 0 Å². The summed E-state index contributed by atoms with van der Waals surface area (Å²) in [7, 11) is 0. The van der Waals surface area contributed by atoms with Crippen molar-refractivity contribution in [2.24, 2.45) is 0 Å². The van der Waals surface area contributed by atoms with Crippen molar-refractivity contribution in [2.75, 3.05) is 4.90 Å². The molecule has 0 unspecified atom stereocenters. The van der Waals surface area contributed by atoms with E-state index in [4.69, 9.17) is 8.83 Å². The van der Waals surface area contributed by atoms with Crippen molar-refractivity contribution in [3.05, 3.63) is 200 Å². The van der Waals surface area contributed by atoms with Crippen LogP contribution in [-0.4, -0.2) is 0 Å². The second kappa shape index (κ2) is 12.6. The summed E-state index contributed by atoms with van der Waals surface area (Å²) in [6.45, 7) is 0. The number of anilines is 3. The minimum absolute atomic E-state index is 0.898. The molecular weight excluding hydrogens is 671 g/mol. The van der Waals surface area contributed by atoms with Crippen LogP contribution in [0, 0.1) is 0 Å². The Balaban J connectivity index is 0.989. The van der Waals surface area contributed by atoms with Gasteiger partial charge in [-0.3, -0.25) is 0 Å². The molecule has 0 saturated heterocycles. The highest BCUT2D eigenvalue weighted by Crippen LogP contribution is 2.40. The van der Waals surface area contributed by atoms with E-state index in [2.05, 4.69) is 181 Å². The van der Waals surface area contributed by atoms with Crippen molar-refractivity contribution in [2.45, 2.75) is 0 Å². The van der Waals surface area contributed by atoms with E-state index in [1.807, 2.05) is 24.3 Å². The van der Waals surface area contributed by atoms with E-state index < -0.39 is 0 Å².